The van der Waals surface area contributed by atoms with E-state index in [1.54, 1.807) is 0 Å². The van der Waals surface area contributed by atoms with Gasteiger partial charge < -0.3 is 5.73 Å². The highest BCUT2D eigenvalue weighted by Crippen LogP contribution is 2.34. The molecule has 102 valence electrons. The second kappa shape index (κ2) is 5.35. The molecule has 0 spiro atoms. The maximum atomic E-state index is 12.5. The lowest BCUT2D eigenvalue weighted by Gasteiger charge is -2.07. The minimum Gasteiger partial charge on any atom is -0.323 e. The van der Waals surface area contributed by atoms with E-state index in [0.29, 0.717) is 0 Å². The number of hydrogen-bond acceptors (Lipinski definition) is 2. The fourth-order valence-corrected chi connectivity index (χ4v) is 2.83. The number of nitrogens with two attached hydrogens (primary N) is 1. The Labute approximate surface area is 113 Å². The predicted octanol–water partition coefficient (Wildman–Crippen LogP) is 4.84. The summed E-state index contributed by atoms with van der Waals surface area (Å²) in [5, 5.41) is 0. The topological polar surface area (TPSA) is 26.0 Å². The standard InChI is InChI=1S/C14H14F3NS/c1-2-11(18)13-8-7-12(19-13)9-3-5-10(6-4-9)14(15,16)17/h3-8,11H,2,18H2,1H3. The molecule has 0 amide bonds. The van der Waals surface area contributed by atoms with Crippen LogP contribution in [0.4, 0.5) is 13.2 Å². The van der Waals surface area contributed by atoms with Crippen LogP contribution in [0.1, 0.15) is 29.8 Å². The highest BCUT2D eigenvalue weighted by Gasteiger charge is 2.30. The molecule has 0 fully saturated rings. The summed E-state index contributed by atoms with van der Waals surface area (Å²) in [6.07, 6.45) is -3.45. The smallest absolute Gasteiger partial charge is 0.323 e. The molecule has 2 aromatic rings. The lowest BCUT2D eigenvalue weighted by Crippen LogP contribution is -2.05. The Morgan fingerprint density at radius 2 is 1.74 bits per heavy atom. The van der Waals surface area contributed by atoms with Crippen LogP contribution < -0.4 is 5.73 Å². The van der Waals surface area contributed by atoms with Gasteiger partial charge in [-0.3, -0.25) is 0 Å². The first-order valence-corrected chi connectivity index (χ1v) is 6.76. The molecule has 1 nitrogen and oxygen atoms in total. The second-order valence-electron chi connectivity index (χ2n) is 4.29. The van der Waals surface area contributed by atoms with Gasteiger partial charge in [0.15, 0.2) is 0 Å². The Kier molecular flexibility index (Phi) is 3.96. The van der Waals surface area contributed by atoms with E-state index in [2.05, 4.69) is 0 Å². The van der Waals surface area contributed by atoms with E-state index >= 15 is 0 Å². The Bertz CT molecular complexity index is 543. The van der Waals surface area contributed by atoms with Gasteiger partial charge in [0, 0.05) is 15.8 Å². The monoisotopic (exact) mass is 285 g/mol. The van der Waals surface area contributed by atoms with Crippen LogP contribution >= 0.6 is 11.3 Å². The van der Waals surface area contributed by atoms with Gasteiger partial charge in [0.25, 0.3) is 0 Å². The molecule has 1 unspecified atom stereocenters. The quantitative estimate of drug-likeness (QED) is 0.857. The van der Waals surface area contributed by atoms with Crippen LogP contribution in [0.25, 0.3) is 10.4 Å². The lowest BCUT2D eigenvalue weighted by molar-refractivity contribution is -0.137. The van der Waals surface area contributed by atoms with Gasteiger partial charge in [-0.05, 0) is 36.2 Å². The zero-order chi connectivity index (χ0) is 14.0. The average molecular weight is 285 g/mol. The molecule has 2 N–H and O–H groups in total. The van der Waals surface area contributed by atoms with E-state index < -0.39 is 11.7 Å². The molecule has 0 aliphatic rings. The van der Waals surface area contributed by atoms with Crippen molar-refractivity contribution in [3.63, 3.8) is 0 Å². The van der Waals surface area contributed by atoms with Gasteiger partial charge in [-0.2, -0.15) is 13.2 Å². The van der Waals surface area contributed by atoms with Crippen molar-refractivity contribution < 1.29 is 13.2 Å². The van der Waals surface area contributed by atoms with Crippen molar-refractivity contribution in [3.8, 4) is 10.4 Å². The van der Waals surface area contributed by atoms with E-state index in [1.165, 1.54) is 23.5 Å². The summed E-state index contributed by atoms with van der Waals surface area (Å²) >= 11 is 1.53. The molecule has 2 rings (SSSR count). The zero-order valence-electron chi connectivity index (χ0n) is 10.4. The van der Waals surface area contributed by atoms with E-state index in [-0.39, 0.29) is 6.04 Å². The minimum atomic E-state index is -4.29. The maximum Gasteiger partial charge on any atom is 0.416 e. The predicted molar refractivity (Wildman–Crippen MR) is 72.0 cm³/mol. The first kappa shape index (κ1) is 14.1. The van der Waals surface area contributed by atoms with Crippen molar-refractivity contribution in [2.75, 3.05) is 0 Å². The van der Waals surface area contributed by atoms with Gasteiger partial charge in [0.2, 0.25) is 0 Å². The van der Waals surface area contributed by atoms with Gasteiger partial charge in [-0.15, -0.1) is 11.3 Å². The van der Waals surface area contributed by atoms with Crippen molar-refractivity contribution in [2.45, 2.75) is 25.6 Å². The van der Waals surface area contributed by atoms with Gasteiger partial charge >= 0.3 is 6.18 Å². The minimum absolute atomic E-state index is 0.00630. The molecule has 0 radical (unpaired) electrons. The summed E-state index contributed by atoms with van der Waals surface area (Å²) in [6.45, 7) is 2.00. The Morgan fingerprint density at radius 1 is 1.11 bits per heavy atom. The molecular formula is C14H14F3NS. The molecule has 1 heterocycles. The normalized spacial score (nSPS) is 13.5. The fourth-order valence-electron chi connectivity index (χ4n) is 1.73. The number of alkyl halides is 3. The largest absolute Gasteiger partial charge is 0.416 e. The Balaban J connectivity index is 2.25. The Hall–Kier alpha value is -1.33. The van der Waals surface area contributed by atoms with Crippen molar-refractivity contribution in [2.24, 2.45) is 5.73 Å². The first-order chi connectivity index (χ1) is 8.91. The molecule has 5 heteroatoms. The first-order valence-electron chi connectivity index (χ1n) is 5.94. The van der Waals surface area contributed by atoms with E-state index in [1.807, 2.05) is 19.1 Å². The third-order valence-electron chi connectivity index (χ3n) is 2.93. The molecule has 0 bridgehead atoms. The summed E-state index contributed by atoms with van der Waals surface area (Å²) in [5.41, 5.74) is 6.09. The molecular weight excluding hydrogens is 271 g/mol. The third-order valence-corrected chi connectivity index (χ3v) is 4.20. The summed E-state index contributed by atoms with van der Waals surface area (Å²) in [4.78, 5) is 1.99. The van der Waals surface area contributed by atoms with Gasteiger partial charge in [-0.1, -0.05) is 19.1 Å². The van der Waals surface area contributed by atoms with Crippen molar-refractivity contribution in [1.29, 1.82) is 0 Å². The number of hydrogen-bond donors (Lipinski definition) is 1. The average Bonchev–Trinajstić information content (AvgIpc) is 2.86. The van der Waals surface area contributed by atoms with Crippen LogP contribution in [-0.2, 0) is 6.18 Å². The van der Waals surface area contributed by atoms with E-state index in [4.69, 9.17) is 5.73 Å². The van der Waals surface area contributed by atoms with Crippen molar-refractivity contribution >= 4 is 11.3 Å². The summed E-state index contributed by atoms with van der Waals surface area (Å²) in [7, 11) is 0. The number of thiophene rings is 1. The lowest BCUT2D eigenvalue weighted by atomic mass is 10.1. The molecule has 1 aromatic carbocycles. The highest BCUT2D eigenvalue weighted by atomic mass is 32.1. The Morgan fingerprint density at radius 3 is 2.26 bits per heavy atom. The fraction of sp³-hybridized carbons (Fsp3) is 0.286. The SMILES string of the molecule is CCC(N)c1ccc(-c2ccc(C(F)(F)F)cc2)s1. The van der Waals surface area contributed by atoms with Crippen LogP contribution in [0.3, 0.4) is 0 Å². The molecule has 19 heavy (non-hydrogen) atoms. The molecule has 1 atom stereocenters. The molecule has 1 aromatic heterocycles. The van der Waals surface area contributed by atoms with Crippen LogP contribution in [0.5, 0.6) is 0 Å². The van der Waals surface area contributed by atoms with Gasteiger partial charge in [-0.25, -0.2) is 0 Å². The van der Waals surface area contributed by atoms with E-state index in [0.717, 1.165) is 33.9 Å². The summed E-state index contributed by atoms with van der Waals surface area (Å²) in [6, 6.07) is 9.03. The van der Waals surface area contributed by atoms with Gasteiger partial charge in [0.05, 0.1) is 5.56 Å². The van der Waals surface area contributed by atoms with Crippen LogP contribution in [0.2, 0.25) is 0 Å². The zero-order valence-corrected chi connectivity index (χ0v) is 11.2. The molecule has 0 saturated heterocycles. The number of rotatable bonds is 3. The summed E-state index contributed by atoms with van der Waals surface area (Å²) < 4.78 is 37.4. The second-order valence-corrected chi connectivity index (χ2v) is 5.41. The highest BCUT2D eigenvalue weighted by molar-refractivity contribution is 7.15. The number of halogens is 3. The van der Waals surface area contributed by atoms with Crippen LogP contribution in [0.15, 0.2) is 36.4 Å². The van der Waals surface area contributed by atoms with E-state index in [9.17, 15) is 13.2 Å². The van der Waals surface area contributed by atoms with Crippen LogP contribution in [0, 0.1) is 0 Å². The molecule has 0 saturated carbocycles. The molecule has 0 aliphatic carbocycles. The van der Waals surface area contributed by atoms with Gasteiger partial charge in [0.1, 0.15) is 0 Å². The van der Waals surface area contributed by atoms with Crippen molar-refractivity contribution in [3.05, 3.63) is 46.8 Å². The third kappa shape index (κ3) is 3.16. The molecule has 0 aliphatic heterocycles. The number of benzene rings is 1. The summed E-state index contributed by atoms with van der Waals surface area (Å²) in [5.74, 6) is 0. The maximum absolute atomic E-state index is 12.5. The van der Waals surface area contributed by atoms with Crippen molar-refractivity contribution in [1.82, 2.24) is 0 Å². The van der Waals surface area contributed by atoms with Crippen LogP contribution in [-0.4, -0.2) is 0 Å².